The Kier molecular flexibility index (Phi) is 3.91. The Labute approximate surface area is 127 Å². The van der Waals surface area contributed by atoms with Crippen LogP contribution in [0.25, 0.3) is 0 Å². The van der Waals surface area contributed by atoms with E-state index in [4.69, 9.17) is 4.74 Å². The van der Waals surface area contributed by atoms with Gasteiger partial charge in [-0.25, -0.2) is 4.79 Å². The quantitative estimate of drug-likeness (QED) is 0.777. The van der Waals surface area contributed by atoms with Crippen molar-refractivity contribution in [1.82, 2.24) is 4.90 Å². The predicted octanol–water partition coefficient (Wildman–Crippen LogP) is 3.14. The van der Waals surface area contributed by atoms with Gasteiger partial charge in [0.1, 0.15) is 11.6 Å². The van der Waals surface area contributed by atoms with Crippen molar-refractivity contribution in [3.8, 4) is 0 Å². The fourth-order valence-corrected chi connectivity index (χ4v) is 2.48. The van der Waals surface area contributed by atoms with E-state index in [9.17, 15) is 9.59 Å². The van der Waals surface area contributed by atoms with Crippen LogP contribution < -0.4 is 0 Å². The summed E-state index contributed by atoms with van der Waals surface area (Å²) in [5.74, 6) is -0.502. The summed E-state index contributed by atoms with van der Waals surface area (Å²) in [5, 5.41) is 0. The van der Waals surface area contributed by atoms with Gasteiger partial charge in [0, 0.05) is 16.6 Å². The number of fused-ring (bicyclic) bond motifs is 1. The fraction of sp³-hybridized carbons (Fsp3) is 0.467. The predicted molar refractivity (Wildman–Crippen MR) is 79.3 cm³/mol. The highest BCUT2D eigenvalue weighted by Crippen LogP contribution is 2.28. The Morgan fingerprint density at radius 1 is 1.40 bits per heavy atom. The van der Waals surface area contributed by atoms with E-state index in [0.29, 0.717) is 12.1 Å². The summed E-state index contributed by atoms with van der Waals surface area (Å²) in [4.78, 5) is 26.0. The highest BCUT2D eigenvalue weighted by Gasteiger charge is 2.35. The maximum atomic E-state index is 12.4. The fourth-order valence-electron chi connectivity index (χ4n) is 2.12. The van der Waals surface area contributed by atoms with Crippen LogP contribution in [0.15, 0.2) is 22.7 Å². The van der Waals surface area contributed by atoms with Gasteiger partial charge in [-0.05, 0) is 45.4 Å². The van der Waals surface area contributed by atoms with Crippen molar-refractivity contribution in [2.75, 3.05) is 0 Å². The zero-order chi connectivity index (χ0) is 15.1. The molecule has 0 aliphatic carbocycles. The normalized spacial score (nSPS) is 16.1. The molecule has 1 aliphatic heterocycles. The second kappa shape index (κ2) is 5.20. The van der Waals surface area contributed by atoms with Crippen molar-refractivity contribution in [3.05, 3.63) is 33.8 Å². The monoisotopic (exact) mass is 339 g/mol. The molecule has 0 aromatic heterocycles. The number of esters is 1. The molecule has 0 unspecified atom stereocenters. The molecular formula is C15H18BrNO3. The molecule has 0 bridgehead atoms. The summed E-state index contributed by atoms with van der Waals surface area (Å²) in [7, 11) is 0. The lowest BCUT2D eigenvalue weighted by Gasteiger charge is -2.27. The van der Waals surface area contributed by atoms with Crippen LogP contribution in [0.1, 0.15) is 43.6 Å². The first kappa shape index (κ1) is 15.0. The minimum absolute atomic E-state index is 0.125. The number of nitrogens with zero attached hydrogens (tertiary/aromatic N) is 1. The van der Waals surface area contributed by atoms with Crippen LogP contribution >= 0.6 is 15.9 Å². The molecule has 20 heavy (non-hydrogen) atoms. The van der Waals surface area contributed by atoms with Gasteiger partial charge in [-0.15, -0.1) is 0 Å². The molecule has 108 valence electrons. The molecule has 1 heterocycles. The number of carbonyl (C=O) groups excluding carboxylic acids is 2. The minimum atomic E-state index is -0.590. The van der Waals surface area contributed by atoms with Crippen LogP contribution in [0, 0.1) is 0 Å². The van der Waals surface area contributed by atoms with Gasteiger partial charge >= 0.3 is 5.97 Å². The van der Waals surface area contributed by atoms with E-state index in [0.717, 1.165) is 10.0 Å². The van der Waals surface area contributed by atoms with E-state index < -0.39 is 11.6 Å². The van der Waals surface area contributed by atoms with Crippen LogP contribution in [0.4, 0.5) is 0 Å². The molecule has 0 saturated heterocycles. The molecule has 1 amide bonds. The van der Waals surface area contributed by atoms with Crippen LogP contribution in [-0.2, 0) is 16.1 Å². The first-order valence-electron chi connectivity index (χ1n) is 6.51. The molecule has 1 aliphatic rings. The standard InChI is InChI=1S/C15H18BrNO3/c1-9(14(19)20-15(2,3)4)17-8-10-5-6-11(16)7-12(10)13(17)18/h5-7,9H,8H2,1-4H3/t9-/m0/s1. The summed E-state index contributed by atoms with van der Waals surface area (Å²) in [5.41, 5.74) is 1.03. The maximum absolute atomic E-state index is 12.4. The van der Waals surface area contributed by atoms with Crippen LogP contribution in [0.5, 0.6) is 0 Å². The highest BCUT2D eigenvalue weighted by molar-refractivity contribution is 9.10. The highest BCUT2D eigenvalue weighted by atomic mass is 79.9. The molecule has 0 saturated carbocycles. The van der Waals surface area contributed by atoms with Crippen LogP contribution in [0.3, 0.4) is 0 Å². The average molecular weight is 340 g/mol. The third-order valence-electron chi connectivity index (χ3n) is 3.12. The topological polar surface area (TPSA) is 46.6 Å². The molecule has 2 rings (SSSR count). The lowest BCUT2D eigenvalue weighted by molar-refractivity contribution is -0.159. The molecule has 1 aromatic rings. The van der Waals surface area contributed by atoms with Gasteiger partial charge < -0.3 is 9.64 Å². The molecular weight excluding hydrogens is 322 g/mol. The maximum Gasteiger partial charge on any atom is 0.329 e. The number of rotatable bonds is 2. The number of halogens is 1. The lowest BCUT2D eigenvalue weighted by Crippen LogP contribution is -2.42. The van der Waals surface area contributed by atoms with Gasteiger partial charge in [0.15, 0.2) is 0 Å². The molecule has 0 spiro atoms. The number of hydrogen-bond acceptors (Lipinski definition) is 3. The summed E-state index contributed by atoms with van der Waals surface area (Å²) in [6.45, 7) is 7.59. The minimum Gasteiger partial charge on any atom is -0.458 e. The summed E-state index contributed by atoms with van der Waals surface area (Å²) in [6.07, 6.45) is 0. The van der Waals surface area contributed by atoms with Gasteiger partial charge in [0.25, 0.3) is 5.91 Å². The SMILES string of the molecule is C[C@@H](C(=O)OC(C)(C)C)N1Cc2ccc(Br)cc2C1=O. The van der Waals surface area contributed by atoms with E-state index in [2.05, 4.69) is 15.9 Å². The van der Waals surface area contributed by atoms with Gasteiger partial charge in [-0.1, -0.05) is 22.0 Å². The van der Waals surface area contributed by atoms with Crippen molar-refractivity contribution in [2.24, 2.45) is 0 Å². The zero-order valence-corrected chi connectivity index (χ0v) is 13.7. The lowest BCUT2D eigenvalue weighted by atomic mass is 10.1. The average Bonchev–Trinajstić information content (AvgIpc) is 2.64. The van der Waals surface area contributed by atoms with Crippen molar-refractivity contribution in [3.63, 3.8) is 0 Å². The number of benzene rings is 1. The largest absolute Gasteiger partial charge is 0.458 e. The Balaban J connectivity index is 2.17. The van der Waals surface area contributed by atoms with Crippen molar-refractivity contribution >= 4 is 27.8 Å². The molecule has 5 heteroatoms. The Hall–Kier alpha value is -1.36. The summed E-state index contributed by atoms with van der Waals surface area (Å²) < 4.78 is 6.20. The molecule has 4 nitrogen and oxygen atoms in total. The zero-order valence-electron chi connectivity index (χ0n) is 12.1. The van der Waals surface area contributed by atoms with Crippen LogP contribution in [-0.4, -0.2) is 28.4 Å². The van der Waals surface area contributed by atoms with E-state index in [1.54, 1.807) is 17.9 Å². The second-order valence-electron chi connectivity index (χ2n) is 5.94. The number of ether oxygens (including phenoxy) is 1. The summed E-state index contributed by atoms with van der Waals surface area (Å²) in [6, 6.07) is 5.00. The van der Waals surface area contributed by atoms with E-state index in [1.807, 2.05) is 32.9 Å². The molecule has 0 N–H and O–H groups in total. The second-order valence-corrected chi connectivity index (χ2v) is 6.86. The summed E-state index contributed by atoms with van der Waals surface area (Å²) >= 11 is 3.36. The van der Waals surface area contributed by atoms with Crippen LogP contribution in [0.2, 0.25) is 0 Å². The van der Waals surface area contributed by atoms with Crippen molar-refractivity contribution < 1.29 is 14.3 Å². The molecule has 1 aromatic carbocycles. The van der Waals surface area contributed by atoms with Gasteiger partial charge in [0.2, 0.25) is 0 Å². The first-order valence-corrected chi connectivity index (χ1v) is 7.30. The number of hydrogen-bond donors (Lipinski definition) is 0. The van der Waals surface area contributed by atoms with Crippen molar-refractivity contribution in [1.29, 1.82) is 0 Å². The van der Waals surface area contributed by atoms with E-state index >= 15 is 0 Å². The van der Waals surface area contributed by atoms with Gasteiger partial charge in [-0.2, -0.15) is 0 Å². The third-order valence-corrected chi connectivity index (χ3v) is 3.61. The Morgan fingerprint density at radius 3 is 2.65 bits per heavy atom. The molecule has 1 atom stereocenters. The third kappa shape index (κ3) is 3.03. The number of amides is 1. The smallest absolute Gasteiger partial charge is 0.329 e. The number of carbonyl (C=O) groups is 2. The van der Waals surface area contributed by atoms with Gasteiger partial charge in [-0.3, -0.25) is 4.79 Å². The van der Waals surface area contributed by atoms with Gasteiger partial charge in [0.05, 0.1) is 0 Å². The Morgan fingerprint density at radius 2 is 2.05 bits per heavy atom. The van der Waals surface area contributed by atoms with Crippen molar-refractivity contribution in [2.45, 2.75) is 45.9 Å². The molecule has 0 fully saturated rings. The van der Waals surface area contributed by atoms with E-state index in [-0.39, 0.29) is 11.9 Å². The van der Waals surface area contributed by atoms with E-state index in [1.165, 1.54) is 0 Å². The molecule has 0 radical (unpaired) electrons. The first-order chi connectivity index (χ1) is 9.19. The Bertz CT molecular complexity index is 563.